The van der Waals surface area contributed by atoms with E-state index in [2.05, 4.69) is 5.32 Å². The van der Waals surface area contributed by atoms with Crippen molar-refractivity contribution in [3.8, 4) is 11.1 Å². The van der Waals surface area contributed by atoms with Crippen LogP contribution < -0.4 is 10.8 Å². The molecule has 204 valence electrons. The van der Waals surface area contributed by atoms with E-state index in [1.165, 1.54) is 4.90 Å². The Morgan fingerprint density at radius 2 is 1.54 bits per heavy atom. The highest BCUT2D eigenvalue weighted by atomic mass is 16.5. The summed E-state index contributed by atoms with van der Waals surface area (Å²) in [6.07, 6.45) is 1.94. The van der Waals surface area contributed by atoms with Crippen LogP contribution in [0, 0.1) is 0 Å². The van der Waals surface area contributed by atoms with E-state index in [9.17, 15) is 24.3 Å². The molecule has 0 saturated heterocycles. The smallest absolute Gasteiger partial charge is 0.336 e. The number of nitrogens with zero attached hydrogens (tertiary/aromatic N) is 1. The van der Waals surface area contributed by atoms with Gasteiger partial charge in [-0.3, -0.25) is 19.6 Å². The SMILES string of the molecule is CCCCC(=O)N(CC(=O)NC(Cc1ccccc1)C(=O)NO)Cc1ccc(-c2ccccc2C(=O)O)cc1. The van der Waals surface area contributed by atoms with Gasteiger partial charge in [0.15, 0.2) is 0 Å². The summed E-state index contributed by atoms with van der Waals surface area (Å²) in [5.41, 5.74) is 4.64. The zero-order valence-electron chi connectivity index (χ0n) is 21.8. The summed E-state index contributed by atoms with van der Waals surface area (Å²) in [5, 5.41) is 21.3. The van der Waals surface area contributed by atoms with Gasteiger partial charge >= 0.3 is 5.97 Å². The predicted octanol–water partition coefficient (Wildman–Crippen LogP) is 3.80. The lowest BCUT2D eigenvalue weighted by atomic mass is 9.98. The minimum absolute atomic E-state index is 0.159. The second-order valence-corrected chi connectivity index (χ2v) is 9.19. The molecule has 0 radical (unpaired) electrons. The quantitative estimate of drug-likeness (QED) is 0.196. The number of carboxylic acid groups (broad SMARTS) is 1. The Morgan fingerprint density at radius 3 is 2.18 bits per heavy atom. The highest BCUT2D eigenvalue weighted by Crippen LogP contribution is 2.24. The Bertz CT molecular complexity index is 1280. The van der Waals surface area contributed by atoms with Crippen LogP contribution in [0.25, 0.3) is 11.1 Å². The normalized spacial score (nSPS) is 11.3. The highest BCUT2D eigenvalue weighted by Gasteiger charge is 2.24. The molecule has 0 aliphatic rings. The van der Waals surface area contributed by atoms with Crippen molar-refractivity contribution in [3.05, 3.63) is 95.6 Å². The summed E-state index contributed by atoms with van der Waals surface area (Å²) in [4.78, 5) is 51.2. The van der Waals surface area contributed by atoms with Crippen LogP contribution in [0.4, 0.5) is 0 Å². The second kappa shape index (κ2) is 14.4. The van der Waals surface area contributed by atoms with Crippen LogP contribution in [0.1, 0.15) is 47.7 Å². The van der Waals surface area contributed by atoms with E-state index in [1.54, 1.807) is 54.0 Å². The highest BCUT2D eigenvalue weighted by molar-refractivity contribution is 5.96. The van der Waals surface area contributed by atoms with Crippen LogP contribution in [0.15, 0.2) is 78.9 Å². The molecule has 0 heterocycles. The van der Waals surface area contributed by atoms with E-state index < -0.39 is 23.8 Å². The molecule has 3 amide bonds. The Kier molecular flexibility index (Phi) is 10.8. The Morgan fingerprint density at radius 1 is 0.872 bits per heavy atom. The molecule has 0 aromatic heterocycles. The van der Waals surface area contributed by atoms with E-state index in [4.69, 9.17) is 5.21 Å². The molecule has 0 aliphatic carbocycles. The fourth-order valence-electron chi connectivity index (χ4n) is 4.20. The molecule has 0 bridgehead atoms. The van der Waals surface area contributed by atoms with Gasteiger partial charge in [-0.15, -0.1) is 0 Å². The van der Waals surface area contributed by atoms with Crippen LogP contribution in [0.2, 0.25) is 0 Å². The average molecular weight is 532 g/mol. The molecule has 1 unspecified atom stereocenters. The zero-order chi connectivity index (χ0) is 28.2. The van der Waals surface area contributed by atoms with Crippen molar-refractivity contribution in [2.24, 2.45) is 0 Å². The van der Waals surface area contributed by atoms with Gasteiger partial charge < -0.3 is 15.3 Å². The lowest BCUT2D eigenvalue weighted by Crippen LogP contribution is -2.50. The lowest BCUT2D eigenvalue weighted by molar-refractivity contribution is -0.138. The standard InChI is InChI=1S/C30H33N3O6/c1-2-3-13-28(35)33(20-27(34)31-26(29(36)32-39)18-21-9-5-4-6-10-21)19-22-14-16-23(17-15-22)24-11-7-8-12-25(24)30(37)38/h4-12,14-17,26,39H,2-3,13,18-20H2,1H3,(H,31,34)(H,32,36)(H,37,38). The first-order valence-electron chi connectivity index (χ1n) is 12.8. The van der Waals surface area contributed by atoms with Crippen molar-refractivity contribution in [2.75, 3.05) is 6.54 Å². The number of hydroxylamine groups is 1. The van der Waals surface area contributed by atoms with Gasteiger partial charge in [0.1, 0.15) is 6.04 Å². The Hall–Kier alpha value is -4.50. The Labute approximate surface area is 227 Å². The van der Waals surface area contributed by atoms with Crippen molar-refractivity contribution in [1.29, 1.82) is 0 Å². The zero-order valence-corrected chi connectivity index (χ0v) is 21.8. The van der Waals surface area contributed by atoms with Crippen LogP contribution in [0.3, 0.4) is 0 Å². The van der Waals surface area contributed by atoms with Crippen molar-refractivity contribution in [2.45, 2.75) is 45.2 Å². The van der Waals surface area contributed by atoms with Crippen molar-refractivity contribution < 1.29 is 29.5 Å². The number of benzene rings is 3. The molecule has 4 N–H and O–H groups in total. The molecule has 0 aliphatic heterocycles. The molecule has 9 heteroatoms. The number of carboxylic acids is 1. The van der Waals surface area contributed by atoms with Gasteiger partial charge in [0.25, 0.3) is 5.91 Å². The van der Waals surface area contributed by atoms with Gasteiger partial charge in [-0.05, 0) is 34.7 Å². The third-order valence-electron chi connectivity index (χ3n) is 6.27. The predicted molar refractivity (Wildman–Crippen MR) is 146 cm³/mol. The summed E-state index contributed by atoms with van der Waals surface area (Å²) in [5.74, 6) is -2.50. The molecule has 3 aromatic rings. The first-order chi connectivity index (χ1) is 18.8. The number of hydrogen-bond acceptors (Lipinski definition) is 5. The first-order valence-corrected chi connectivity index (χ1v) is 12.8. The van der Waals surface area contributed by atoms with Crippen LogP contribution in [-0.2, 0) is 27.3 Å². The molecule has 3 aromatic carbocycles. The van der Waals surface area contributed by atoms with Gasteiger partial charge in [-0.2, -0.15) is 0 Å². The largest absolute Gasteiger partial charge is 0.478 e. The molecule has 39 heavy (non-hydrogen) atoms. The summed E-state index contributed by atoms with van der Waals surface area (Å²) >= 11 is 0. The minimum atomic E-state index is -1.02. The number of aromatic carboxylic acids is 1. The van der Waals surface area contributed by atoms with Crippen molar-refractivity contribution >= 4 is 23.7 Å². The topological polar surface area (TPSA) is 136 Å². The summed E-state index contributed by atoms with van der Waals surface area (Å²) in [6, 6.07) is 21.9. The number of rotatable bonds is 13. The molecule has 1 atom stereocenters. The minimum Gasteiger partial charge on any atom is -0.478 e. The molecule has 0 spiro atoms. The third kappa shape index (κ3) is 8.51. The monoisotopic (exact) mass is 531 g/mol. The lowest BCUT2D eigenvalue weighted by Gasteiger charge is -2.24. The molecule has 9 nitrogen and oxygen atoms in total. The molecule has 3 rings (SSSR count). The number of amides is 3. The van der Waals surface area contributed by atoms with Crippen LogP contribution in [-0.4, -0.2) is 51.5 Å². The van der Waals surface area contributed by atoms with E-state index in [0.29, 0.717) is 12.0 Å². The van der Waals surface area contributed by atoms with Crippen LogP contribution in [0.5, 0.6) is 0 Å². The van der Waals surface area contributed by atoms with Crippen molar-refractivity contribution in [3.63, 3.8) is 0 Å². The average Bonchev–Trinajstić information content (AvgIpc) is 2.95. The van der Waals surface area contributed by atoms with Gasteiger partial charge in [-0.1, -0.05) is 86.1 Å². The summed E-state index contributed by atoms with van der Waals surface area (Å²) < 4.78 is 0. The van der Waals surface area contributed by atoms with E-state index in [0.717, 1.165) is 23.1 Å². The van der Waals surface area contributed by atoms with Crippen LogP contribution >= 0.6 is 0 Å². The van der Waals surface area contributed by atoms with Gasteiger partial charge in [-0.25, -0.2) is 10.3 Å². The van der Waals surface area contributed by atoms with E-state index in [1.807, 2.05) is 37.3 Å². The van der Waals surface area contributed by atoms with E-state index >= 15 is 0 Å². The number of nitrogens with one attached hydrogen (secondary N) is 2. The fourth-order valence-corrected chi connectivity index (χ4v) is 4.20. The molecular weight excluding hydrogens is 498 g/mol. The maximum atomic E-state index is 13.0. The fraction of sp³-hybridized carbons (Fsp3) is 0.267. The molecule has 0 saturated carbocycles. The number of carbonyl (C=O) groups excluding carboxylic acids is 3. The van der Waals surface area contributed by atoms with Crippen molar-refractivity contribution in [1.82, 2.24) is 15.7 Å². The number of hydrogen-bond donors (Lipinski definition) is 4. The summed E-state index contributed by atoms with van der Waals surface area (Å²) in [7, 11) is 0. The summed E-state index contributed by atoms with van der Waals surface area (Å²) in [6.45, 7) is 1.86. The second-order valence-electron chi connectivity index (χ2n) is 9.19. The molecule has 0 fully saturated rings. The van der Waals surface area contributed by atoms with E-state index in [-0.39, 0.29) is 37.4 Å². The maximum Gasteiger partial charge on any atom is 0.336 e. The maximum absolute atomic E-state index is 13.0. The molecular formula is C30H33N3O6. The first kappa shape index (κ1) is 29.1. The van der Waals surface area contributed by atoms with Gasteiger partial charge in [0, 0.05) is 19.4 Å². The number of carbonyl (C=O) groups is 4. The third-order valence-corrected chi connectivity index (χ3v) is 6.27. The van der Waals surface area contributed by atoms with Gasteiger partial charge in [0.05, 0.1) is 12.1 Å². The number of unbranched alkanes of at least 4 members (excludes halogenated alkanes) is 1. The van der Waals surface area contributed by atoms with Gasteiger partial charge in [0.2, 0.25) is 11.8 Å². The Balaban J connectivity index is 1.75.